The molecule has 0 saturated heterocycles. The van der Waals surface area contributed by atoms with E-state index in [1.165, 1.54) is 139 Å². The molecule has 0 saturated carbocycles. The van der Waals surface area contributed by atoms with Gasteiger partial charge in [-0.2, -0.15) is 0 Å². The van der Waals surface area contributed by atoms with Crippen LogP contribution >= 0.6 is 22.7 Å². The van der Waals surface area contributed by atoms with Crippen LogP contribution in [0.25, 0.3) is 123 Å². The molecule has 0 N–H and O–H groups in total. The molecular weight excluding hydrogens is 761 g/mol. The van der Waals surface area contributed by atoms with Crippen LogP contribution in [-0.2, 0) is 11.8 Å². The first-order chi connectivity index (χ1) is 29.5. The fourth-order valence-corrected chi connectivity index (χ4v) is 13.4. The highest BCUT2D eigenvalue weighted by molar-refractivity contribution is 7.26. The van der Waals surface area contributed by atoms with Crippen molar-refractivity contribution in [2.75, 3.05) is 0 Å². The van der Waals surface area contributed by atoms with E-state index in [1.54, 1.807) is 0 Å². The van der Waals surface area contributed by atoms with Crippen molar-refractivity contribution < 1.29 is 0 Å². The number of rotatable bonds is 2. The maximum Gasteiger partial charge on any atom is 0.0367 e. The summed E-state index contributed by atoms with van der Waals surface area (Å²) in [7, 11) is 0. The molecule has 0 unspecified atom stereocenters. The Morgan fingerprint density at radius 3 is 1.82 bits per heavy atom. The number of hydrogen-bond donors (Lipinski definition) is 0. The third-order valence-electron chi connectivity index (χ3n) is 14.0. The van der Waals surface area contributed by atoms with E-state index in [4.69, 9.17) is 0 Å². The maximum atomic E-state index is 2.50. The Balaban J connectivity index is 0.922. The van der Waals surface area contributed by atoms with Crippen molar-refractivity contribution in [1.82, 2.24) is 0 Å². The molecule has 0 nitrogen and oxygen atoms in total. The highest BCUT2D eigenvalue weighted by Gasteiger charge is 2.35. The van der Waals surface area contributed by atoms with Crippen LogP contribution in [0.15, 0.2) is 164 Å². The highest BCUT2D eigenvalue weighted by Crippen LogP contribution is 2.51. The number of benzene rings is 10. The Hall–Kier alpha value is -6.58. The first kappa shape index (κ1) is 33.3. The summed E-state index contributed by atoms with van der Waals surface area (Å²) in [4.78, 5) is 0. The number of thiophene rings is 2. The summed E-state index contributed by atoms with van der Waals surface area (Å²) in [5.41, 5.74) is 13.4. The molecule has 14 rings (SSSR count). The van der Waals surface area contributed by atoms with Crippen molar-refractivity contribution in [3.05, 3.63) is 186 Å². The SMILES string of the molecule is CC1(C)c2ccccc2-c2ccc(-c3ccc4sc5ccc(-c6ccc7c(c6)c6ccccc6c6cc8c(cc76)sc6cc7cccc9c7c(c68)C=CC9)cc5c4c3)cc21. The molecule has 2 aromatic heterocycles. The van der Waals surface area contributed by atoms with Crippen LogP contribution in [-0.4, -0.2) is 0 Å². The lowest BCUT2D eigenvalue weighted by atomic mass is 9.81. The smallest absolute Gasteiger partial charge is 0.0367 e. The Morgan fingerprint density at radius 1 is 0.400 bits per heavy atom. The zero-order chi connectivity index (χ0) is 39.4. The molecule has 280 valence electrons. The summed E-state index contributed by atoms with van der Waals surface area (Å²) in [5, 5.41) is 16.1. The van der Waals surface area contributed by atoms with Gasteiger partial charge < -0.3 is 0 Å². The lowest BCUT2D eigenvalue weighted by Crippen LogP contribution is -2.14. The second-order valence-electron chi connectivity index (χ2n) is 17.5. The number of fused-ring (bicyclic) bond motifs is 16. The minimum Gasteiger partial charge on any atom is -0.135 e. The van der Waals surface area contributed by atoms with Gasteiger partial charge in [0, 0.05) is 45.8 Å². The molecule has 2 aliphatic carbocycles. The molecule has 0 atom stereocenters. The van der Waals surface area contributed by atoms with Crippen molar-refractivity contribution in [3.63, 3.8) is 0 Å². The van der Waals surface area contributed by atoms with Gasteiger partial charge in [0.1, 0.15) is 0 Å². The van der Waals surface area contributed by atoms with E-state index < -0.39 is 0 Å². The molecule has 60 heavy (non-hydrogen) atoms. The van der Waals surface area contributed by atoms with Crippen LogP contribution in [0, 0.1) is 0 Å². The average molecular weight is 797 g/mol. The minimum atomic E-state index is -0.0222. The van der Waals surface area contributed by atoms with Crippen LogP contribution < -0.4 is 0 Å². The minimum absolute atomic E-state index is 0.0222. The molecule has 0 aliphatic heterocycles. The van der Waals surface area contributed by atoms with Gasteiger partial charge in [0.2, 0.25) is 0 Å². The lowest BCUT2D eigenvalue weighted by molar-refractivity contribution is 0.660. The van der Waals surface area contributed by atoms with Gasteiger partial charge in [0.25, 0.3) is 0 Å². The Kier molecular flexibility index (Phi) is 6.54. The van der Waals surface area contributed by atoms with Gasteiger partial charge in [0.05, 0.1) is 0 Å². The molecule has 0 radical (unpaired) electrons. The topological polar surface area (TPSA) is 0 Å². The van der Waals surface area contributed by atoms with Gasteiger partial charge in [-0.25, -0.2) is 0 Å². The average Bonchev–Trinajstić information content (AvgIpc) is 3.92. The van der Waals surface area contributed by atoms with E-state index >= 15 is 0 Å². The second-order valence-corrected chi connectivity index (χ2v) is 19.7. The predicted octanol–water partition coefficient (Wildman–Crippen LogP) is 17.2. The molecular formula is C58H36S2. The van der Waals surface area contributed by atoms with Gasteiger partial charge in [-0.3, -0.25) is 0 Å². The van der Waals surface area contributed by atoms with Crippen molar-refractivity contribution in [3.8, 4) is 33.4 Å². The van der Waals surface area contributed by atoms with Crippen molar-refractivity contribution in [2.45, 2.75) is 25.7 Å². The third kappa shape index (κ3) is 4.45. The largest absolute Gasteiger partial charge is 0.135 e. The normalized spacial score (nSPS) is 14.2. The molecule has 2 aliphatic rings. The van der Waals surface area contributed by atoms with Crippen molar-refractivity contribution in [2.24, 2.45) is 0 Å². The standard InChI is InChI=1S/C58H36S2/c1-58(2)50-16-6-5-14-41(50)42-22-18-36(28-51(42)58)35-20-24-53-48(27-35)47-26-34(19-23-52(47)59-53)33-17-21-40-44(25-33)38-12-3-4-13-39(38)45-30-49-54(31-46(40)45)60-55-29-37-11-7-9-32-10-8-15-43(56(32)37)57(49)55/h3-9,11-31H,10H2,1-2H3. The van der Waals surface area contributed by atoms with E-state index in [-0.39, 0.29) is 5.41 Å². The Bertz CT molecular complexity index is 3940. The fraction of sp³-hybridized carbons (Fsp3) is 0.0690. The zero-order valence-electron chi connectivity index (χ0n) is 33.2. The van der Waals surface area contributed by atoms with Crippen molar-refractivity contribution >= 4 is 112 Å². The van der Waals surface area contributed by atoms with Crippen LogP contribution in [0.1, 0.15) is 36.1 Å². The van der Waals surface area contributed by atoms with Crippen LogP contribution in [0.3, 0.4) is 0 Å². The van der Waals surface area contributed by atoms with Gasteiger partial charge in [-0.05, 0) is 160 Å². The molecule has 0 spiro atoms. The monoisotopic (exact) mass is 796 g/mol. The summed E-state index contributed by atoms with van der Waals surface area (Å²) in [6.45, 7) is 4.73. The first-order valence-electron chi connectivity index (χ1n) is 21.0. The van der Waals surface area contributed by atoms with E-state index in [9.17, 15) is 0 Å². The number of hydrogen-bond acceptors (Lipinski definition) is 2. The summed E-state index contributed by atoms with van der Waals surface area (Å²) in [5.74, 6) is 0. The van der Waals surface area contributed by atoms with Crippen LogP contribution in [0.2, 0.25) is 0 Å². The van der Waals surface area contributed by atoms with E-state index in [0.717, 1.165) is 6.42 Å². The predicted molar refractivity (Wildman–Crippen MR) is 263 cm³/mol. The summed E-state index contributed by atoms with van der Waals surface area (Å²) < 4.78 is 5.38. The maximum absolute atomic E-state index is 2.50. The highest BCUT2D eigenvalue weighted by atomic mass is 32.1. The third-order valence-corrected chi connectivity index (χ3v) is 16.3. The van der Waals surface area contributed by atoms with Gasteiger partial charge in [0.15, 0.2) is 0 Å². The number of allylic oxidation sites excluding steroid dienone is 1. The van der Waals surface area contributed by atoms with Crippen LogP contribution in [0.4, 0.5) is 0 Å². The summed E-state index contributed by atoms with van der Waals surface area (Å²) in [6, 6.07) is 60.6. The molecule has 0 bridgehead atoms. The van der Waals surface area contributed by atoms with Gasteiger partial charge in [-0.1, -0.05) is 129 Å². The Morgan fingerprint density at radius 2 is 1.02 bits per heavy atom. The second kappa shape index (κ2) is 11.8. The van der Waals surface area contributed by atoms with E-state index in [2.05, 4.69) is 184 Å². The van der Waals surface area contributed by atoms with E-state index in [1.807, 2.05) is 22.7 Å². The molecule has 0 amide bonds. The summed E-state index contributed by atoms with van der Waals surface area (Å²) in [6.07, 6.45) is 5.71. The summed E-state index contributed by atoms with van der Waals surface area (Å²) >= 11 is 3.83. The fourth-order valence-electron chi connectivity index (χ4n) is 11.1. The zero-order valence-corrected chi connectivity index (χ0v) is 34.8. The molecule has 2 heteroatoms. The van der Waals surface area contributed by atoms with E-state index in [0.29, 0.717) is 0 Å². The molecule has 10 aromatic carbocycles. The van der Waals surface area contributed by atoms with Gasteiger partial charge >= 0.3 is 0 Å². The molecule has 0 fully saturated rings. The first-order valence-corrected chi connectivity index (χ1v) is 22.7. The Labute approximate surface area is 355 Å². The molecule has 12 aromatic rings. The van der Waals surface area contributed by atoms with Crippen molar-refractivity contribution in [1.29, 1.82) is 0 Å². The van der Waals surface area contributed by atoms with Gasteiger partial charge in [-0.15, -0.1) is 22.7 Å². The quantitative estimate of drug-likeness (QED) is 0.153. The molecule has 2 heterocycles. The lowest BCUT2D eigenvalue weighted by Gasteiger charge is -2.22. The van der Waals surface area contributed by atoms with Crippen LogP contribution in [0.5, 0.6) is 0 Å².